The molecule has 0 spiro atoms. The Kier molecular flexibility index (Phi) is 4.98. The maximum absolute atomic E-state index is 14.5. The van der Waals surface area contributed by atoms with Crippen LogP contribution in [-0.4, -0.2) is 54.1 Å². The lowest BCUT2D eigenvalue weighted by atomic mass is 9.98. The number of rotatable bonds is 3. The number of carbonyl (C=O) groups is 2. The molecule has 2 atom stereocenters. The molecule has 2 amide bonds. The van der Waals surface area contributed by atoms with Gasteiger partial charge in [0.25, 0.3) is 5.91 Å². The molecule has 2 saturated heterocycles. The lowest BCUT2D eigenvalue weighted by molar-refractivity contribution is 0.0630. The zero-order valence-electron chi connectivity index (χ0n) is 17.3. The molecule has 3 aliphatic rings. The second kappa shape index (κ2) is 7.72. The van der Waals surface area contributed by atoms with Crippen LogP contribution in [0.3, 0.4) is 0 Å². The Labute approximate surface area is 182 Å². The van der Waals surface area contributed by atoms with Crippen LogP contribution in [0, 0.1) is 17.5 Å². The number of benzene rings is 2. The van der Waals surface area contributed by atoms with Crippen molar-refractivity contribution in [1.29, 1.82) is 0 Å². The van der Waals surface area contributed by atoms with Crippen LogP contribution in [0.2, 0.25) is 0 Å². The highest BCUT2D eigenvalue weighted by Gasteiger charge is 2.50. The van der Waals surface area contributed by atoms with Gasteiger partial charge in [-0.25, -0.2) is 13.6 Å². The first kappa shape index (κ1) is 20.7. The number of piperidine rings is 1. The summed E-state index contributed by atoms with van der Waals surface area (Å²) >= 11 is 0. The normalized spacial score (nSPS) is 22.6. The average Bonchev–Trinajstić information content (AvgIpc) is 3.30. The summed E-state index contributed by atoms with van der Waals surface area (Å²) in [4.78, 5) is 28.6. The predicted octanol–water partition coefficient (Wildman–Crippen LogP) is 3.84. The third-order valence-corrected chi connectivity index (χ3v) is 6.61. The van der Waals surface area contributed by atoms with Crippen LogP contribution < -0.4 is 4.74 Å². The summed E-state index contributed by atoms with van der Waals surface area (Å²) in [6, 6.07) is 8.20. The Balaban J connectivity index is 1.32. The van der Waals surface area contributed by atoms with Crippen molar-refractivity contribution in [3.63, 3.8) is 0 Å². The van der Waals surface area contributed by atoms with Crippen molar-refractivity contribution in [3.8, 4) is 5.75 Å². The standard InChI is InChI=1S/C23H21F3N2O4/c1-31-21-18(25)15(11-16(24)19(21)26)22(29)27-8-6-13(7-9-27)28-20-14-5-3-2-4-12(14)10-17(20)32-23(28)30/h2-5,11,13,17,20H,6-10H2,1H3/t17-,20+/m1/s1. The predicted molar refractivity (Wildman–Crippen MR) is 107 cm³/mol. The second-order valence-corrected chi connectivity index (χ2v) is 8.27. The van der Waals surface area contributed by atoms with E-state index in [0.717, 1.165) is 18.2 Å². The van der Waals surface area contributed by atoms with Gasteiger partial charge in [0.15, 0.2) is 17.4 Å². The Bertz CT molecular complexity index is 1100. The Morgan fingerprint density at radius 1 is 1.12 bits per heavy atom. The van der Waals surface area contributed by atoms with Crippen molar-refractivity contribution in [2.75, 3.05) is 20.2 Å². The van der Waals surface area contributed by atoms with E-state index < -0.39 is 34.7 Å². The number of nitrogens with zero attached hydrogens (tertiary/aromatic N) is 2. The number of fused-ring (bicyclic) bond motifs is 3. The van der Waals surface area contributed by atoms with Gasteiger partial charge >= 0.3 is 6.09 Å². The highest BCUT2D eigenvalue weighted by molar-refractivity contribution is 5.95. The number of hydrogen-bond donors (Lipinski definition) is 0. The zero-order chi connectivity index (χ0) is 22.6. The lowest BCUT2D eigenvalue weighted by Gasteiger charge is -2.38. The van der Waals surface area contributed by atoms with Crippen molar-refractivity contribution in [1.82, 2.24) is 9.80 Å². The molecule has 168 valence electrons. The molecule has 9 heteroatoms. The molecule has 2 aromatic carbocycles. The molecule has 1 aliphatic carbocycles. The van der Waals surface area contributed by atoms with Crippen molar-refractivity contribution >= 4 is 12.0 Å². The van der Waals surface area contributed by atoms with E-state index in [-0.39, 0.29) is 37.4 Å². The van der Waals surface area contributed by atoms with E-state index >= 15 is 0 Å². The van der Waals surface area contributed by atoms with Crippen molar-refractivity contribution < 1.29 is 32.2 Å². The van der Waals surface area contributed by atoms with E-state index in [1.54, 1.807) is 4.90 Å². The maximum Gasteiger partial charge on any atom is 0.411 e. The highest BCUT2D eigenvalue weighted by atomic mass is 19.2. The van der Waals surface area contributed by atoms with Crippen molar-refractivity contribution in [3.05, 3.63) is 64.5 Å². The Morgan fingerprint density at radius 3 is 2.56 bits per heavy atom. The first-order valence-electron chi connectivity index (χ1n) is 10.5. The first-order chi connectivity index (χ1) is 15.4. The van der Waals surface area contributed by atoms with E-state index in [4.69, 9.17) is 4.74 Å². The molecule has 0 N–H and O–H groups in total. The molecule has 0 radical (unpaired) electrons. The second-order valence-electron chi connectivity index (χ2n) is 8.27. The van der Waals surface area contributed by atoms with Crippen LogP contribution in [0.5, 0.6) is 5.75 Å². The largest absolute Gasteiger partial charge is 0.491 e. The smallest absolute Gasteiger partial charge is 0.411 e. The molecule has 2 fully saturated rings. The molecule has 5 rings (SSSR count). The SMILES string of the molecule is COc1c(F)c(F)cc(C(=O)N2CCC(N3C(=O)O[C@@H]4Cc5ccccc5[C@@H]43)CC2)c1F. The number of amides is 2. The van der Waals surface area contributed by atoms with Gasteiger partial charge in [0.05, 0.1) is 18.7 Å². The van der Waals surface area contributed by atoms with E-state index in [1.807, 2.05) is 24.3 Å². The molecular weight excluding hydrogens is 425 g/mol. The molecule has 2 aliphatic heterocycles. The van der Waals surface area contributed by atoms with Crippen LogP contribution in [0.15, 0.2) is 30.3 Å². The fourth-order valence-electron chi connectivity index (χ4n) is 5.09. The van der Waals surface area contributed by atoms with Gasteiger partial charge in [0.1, 0.15) is 6.10 Å². The molecule has 32 heavy (non-hydrogen) atoms. The fourth-order valence-corrected chi connectivity index (χ4v) is 5.09. The van der Waals surface area contributed by atoms with E-state index in [1.165, 1.54) is 4.90 Å². The van der Waals surface area contributed by atoms with Crippen LogP contribution in [0.25, 0.3) is 0 Å². The number of ether oxygens (including phenoxy) is 2. The maximum atomic E-state index is 14.5. The summed E-state index contributed by atoms with van der Waals surface area (Å²) in [5, 5.41) is 0. The third-order valence-electron chi connectivity index (χ3n) is 6.61. The van der Waals surface area contributed by atoms with E-state index in [0.29, 0.717) is 25.3 Å². The summed E-state index contributed by atoms with van der Waals surface area (Å²) in [5.74, 6) is -5.72. The van der Waals surface area contributed by atoms with Gasteiger partial charge in [-0.3, -0.25) is 9.69 Å². The summed E-state index contributed by atoms with van der Waals surface area (Å²) < 4.78 is 52.3. The zero-order valence-corrected chi connectivity index (χ0v) is 17.3. The number of hydrogen-bond acceptors (Lipinski definition) is 4. The quantitative estimate of drug-likeness (QED) is 0.673. The molecule has 0 saturated carbocycles. The minimum atomic E-state index is -1.47. The Morgan fingerprint density at radius 2 is 1.84 bits per heavy atom. The topological polar surface area (TPSA) is 59.1 Å². The Hall–Kier alpha value is -3.23. The lowest BCUT2D eigenvalue weighted by Crippen LogP contribution is -2.48. The molecular formula is C23H21F3N2O4. The summed E-state index contributed by atoms with van der Waals surface area (Å²) in [6.07, 6.45) is 1.03. The molecule has 2 heterocycles. The molecule has 2 aromatic rings. The van der Waals surface area contributed by atoms with Gasteiger partial charge in [-0.05, 0) is 30.0 Å². The monoisotopic (exact) mass is 446 g/mol. The van der Waals surface area contributed by atoms with Crippen LogP contribution in [-0.2, 0) is 11.2 Å². The third kappa shape index (κ3) is 3.10. The van der Waals surface area contributed by atoms with E-state index in [2.05, 4.69) is 4.74 Å². The van der Waals surface area contributed by atoms with E-state index in [9.17, 15) is 22.8 Å². The number of halogens is 3. The summed E-state index contributed by atoms with van der Waals surface area (Å²) in [7, 11) is 1.00. The first-order valence-corrected chi connectivity index (χ1v) is 10.5. The summed E-state index contributed by atoms with van der Waals surface area (Å²) in [5.41, 5.74) is 1.66. The average molecular weight is 446 g/mol. The molecule has 6 nitrogen and oxygen atoms in total. The van der Waals surface area contributed by atoms with Crippen LogP contribution >= 0.6 is 0 Å². The minimum Gasteiger partial charge on any atom is -0.491 e. The molecule has 0 aromatic heterocycles. The van der Waals surface area contributed by atoms with Gasteiger partial charge in [-0.1, -0.05) is 24.3 Å². The fraction of sp³-hybridized carbons (Fsp3) is 0.391. The minimum absolute atomic E-state index is 0.142. The molecule has 0 bridgehead atoms. The van der Waals surface area contributed by atoms with Gasteiger partial charge in [-0.2, -0.15) is 4.39 Å². The number of carbonyl (C=O) groups excluding carboxylic acids is 2. The van der Waals surface area contributed by atoms with Gasteiger partial charge < -0.3 is 14.4 Å². The summed E-state index contributed by atoms with van der Waals surface area (Å²) in [6.45, 7) is 0.486. The van der Waals surface area contributed by atoms with Crippen LogP contribution in [0.1, 0.15) is 40.4 Å². The number of methoxy groups -OCH3 is 1. The van der Waals surface area contributed by atoms with Crippen molar-refractivity contribution in [2.24, 2.45) is 0 Å². The highest BCUT2D eigenvalue weighted by Crippen LogP contribution is 2.44. The van der Waals surface area contributed by atoms with Crippen molar-refractivity contribution in [2.45, 2.75) is 37.5 Å². The van der Waals surface area contributed by atoms with Gasteiger partial charge in [-0.15, -0.1) is 0 Å². The number of likely N-dealkylation sites (tertiary alicyclic amines) is 1. The molecule has 0 unspecified atom stereocenters. The van der Waals surface area contributed by atoms with Gasteiger partial charge in [0, 0.05) is 25.6 Å². The van der Waals surface area contributed by atoms with Crippen LogP contribution in [0.4, 0.5) is 18.0 Å². The van der Waals surface area contributed by atoms with Gasteiger partial charge in [0.2, 0.25) is 5.82 Å².